The first-order valence-electron chi connectivity index (χ1n) is 8.09. The van der Waals surface area contributed by atoms with Crippen LogP contribution in [0.2, 0.25) is 0 Å². The monoisotopic (exact) mass is 368 g/mol. The van der Waals surface area contributed by atoms with Gasteiger partial charge in [-0.2, -0.15) is 0 Å². The van der Waals surface area contributed by atoms with Gasteiger partial charge in [-0.1, -0.05) is 0 Å². The molecule has 0 unspecified atom stereocenters. The van der Waals surface area contributed by atoms with Crippen molar-refractivity contribution in [3.05, 3.63) is 84.2 Å². The topological polar surface area (TPSA) is 37.6 Å². The third-order valence-corrected chi connectivity index (χ3v) is 3.80. The minimum absolute atomic E-state index is 0.682. The van der Waals surface area contributed by atoms with E-state index in [2.05, 4.69) is 31.0 Å². The Labute approximate surface area is 156 Å². The van der Waals surface area contributed by atoms with E-state index in [0.717, 1.165) is 27.2 Å². The SMILES string of the molecule is [Fe][c]1cc(CC=Nc2ccccc2)nc(CC=Nc2ccccc2)c1. The average Bonchev–Trinajstić information content (AvgIpc) is 2.63. The van der Waals surface area contributed by atoms with Crippen molar-refractivity contribution in [3.8, 4) is 0 Å². The van der Waals surface area contributed by atoms with Crippen LogP contribution in [0.3, 0.4) is 0 Å². The van der Waals surface area contributed by atoms with E-state index in [4.69, 9.17) is 0 Å². The van der Waals surface area contributed by atoms with Gasteiger partial charge in [0.25, 0.3) is 0 Å². The molecule has 0 spiro atoms. The summed E-state index contributed by atoms with van der Waals surface area (Å²) in [4.78, 5) is 13.6. The Morgan fingerprint density at radius 2 is 1.16 bits per heavy atom. The van der Waals surface area contributed by atoms with Crippen molar-refractivity contribution < 1.29 is 16.0 Å². The Morgan fingerprint density at radius 3 is 1.60 bits per heavy atom. The molecule has 125 valence electrons. The zero-order valence-corrected chi connectivity index (χ0v) is 14.8. The van der Waals surface area contributed by atoms with E-state index in [9.17, 15) is 0 Å². The number of para-hydroxylation sites is 2. The quantitative estimate of drug-likeness (QED) is 0.476. The van der Waals surface area contributed by atoms with E-state index in [1.54, 1.807) is 0 Å². The van der Waals surface area contributed by atoms with E-state index < -0.39 is 0 Å². The minimum atomic E-state index is 0.682. The van der Waals surface area contributed by atoms with Crippen LogP contribution in [-0.4, -0.2) is 17.4 Å². The van der Waals surface area contributed by atoms with Crippen LogP contribution in [0, 0.1) is 0 Å². The molecule has 3 aromatic rings. The molecule has 0 saturated carbocycles. The zero-order chi connectivity index (χ0) is 17.3. The van der Waals surface area contributed by atoms with Crippen molar-refractivity contribution >= 4 is 28.3 Å². The van der Waals surface area contributed by atoms with Crippen LogP contribution < -0.4 is 4.46 Å². The van der Waals surface area contributed by atoms with Crippen LogP contribution in [-0.2, 0) is 28.9 Å². The molecule has 0 aliphatic rings. The zero-order valence-electron chi connectivity index (χ0n) is 13.7. The summed E-state index contributed by atoms with van der Waals surface area (Å²) in [6.07, 6.45) is 5.14. The third-order valence-electron chi connectivity index (χ3n) is 3.48. The van der Waals surface area contributed by atoms with Crippen molar-refractivity contribution in [1.29, 1.82) is 0 Å². The Bertz CT molecular complexity index is 789. The Balaban J connectivity index is 1.64. The molecule has 0 aliphatic carbocycles. The Hall–Kier alpha value is -2.55. The number of pyridine rings is 1. The first-order chi connectivity index (χ1) is 12.3. The van der Waals surface area contributed by atoms with Crippen LogP contribution in [0.25, 0.3) is 0 Å². The van der Waals surface area contributed by atoms with Crippen LogP contribution in [0.1, 0.15) is 11.4 Å². The average molecular weight is 368 g/mol. The van der Waals surface area contributed by atoms with Gasteiger partial charge in [0.05, 0.1) is 0 Å². The molecule has 0 radical (unpaired) electrons. The molecule has 3 nitrogen and oxygen atoms in total. The fourth-order valence-electron chi connectivity index (χ4n) is 2.33. The summed E-state index contributed by atoms with van der Waals surface area (Å²) in [5.74, 6) is 0. The first kappa shape index (κ1) is 17.3. The summed E-state index contributed by atoms with van der Waals surface area (Å²) in [6, 6.07) is 23.8. The van der Waals surface area contributed by atoms with Gasteiger partial charge in [0.1, 0.15) is 0 Å². The van der Waals surface area contributed by atoms with Gasteiger partial charge in [-0.25, -0.2) is 0 Å². The Morgan fingerprint density at radius 1 is 0.720 bits per heavy atom. The fraction of sp³-hybridized carbons (Fsp3) is 0.0952. The number of aliphatic imine (C=N–C) groups is 2. The molecule has 2 aromatic carbocycles. The summed E-state index contributed by atoms with van der Waals surface area (Å²) in [6.45, 7) is 0. The van der Waals surface area contributed by atoms with Crippen LogP contribution in [0.5, 0.6) is 0 Å². The van der Waals surface area contributed by atoms with E-state index >= 15 is 0 Å². The number of nitrogens with zero attached hydrogens (tertiary/aromatic N) is 3. The molecule has 0 amide bonds. The van der Waals surface area contributed by atoms with Crippen LogP contribution in [0.4, 0.5) is 11.4 Å². The van der Waals surface area contributed by atoms with Gasteiger partial charge in [-0.3, -0.25) is 0 Å². The van der Waals surface area contributed by atoms with E-state index in [1.165, 1.54) is 0 Å². The molecule has 0 saturated heterocycles. The normalized spacial score (nSPS) is 11.4. The Kier molecular flexibility index (Phi) is 6.27. The van der Waals surface area contributed by atoms with Crippen LogP contribution in [0.15, 0.2) is 82.8 Å². The van der Waals surface area contributed by atoms with Gasteiger partial charge in [0, 0.05) is 0 Å². The molecule has 0 aliphatic heterocycles. The summed E-state index contributed by atoms with van der Waals surface area (Å²) >= 11 is 4.05. The molecule has 3 rings (SSSR count). The first-order valence-corrected chi connectivity index (χ1v) is 8.64. The van der Waals surface area contributed by atoms with E-state index in [0.29, 0.717) is 12.8 Å². The molecule has 1 heterocycles. The molecule has 25 heavy (non-hydrogen) atoms. The summed E-state index contributed by atoms with van der Waals surface area (Å²) < 4.78 is 0.959. The summed E-state index contributed by atoms with van der Waals surface area (Å²) in [5.41, 5.74) is 3.83. The molecule has 0 atom stereocenters. The van der Waals surface area contributed by atoms with Gasteiger partial charge in [-0.15, -0.1) is 0 Å². The molecular weight excluding hydrogens is 350 g/mol. The van der Waals surface area contributed by atoms with Gasteiger partial charge < -0.3 is 0 Å². The standard InChI is InChI=1S/C21H18N3.Fe/c1-3-8-18(9-4-1)22-16-14-20-12-7-13-21(24-20)15-17-23-19-10-5-2-6-11-19;/h1-6,8-13,16-17H,14-15H2;. The summed E-state index contributed by atoms with van der Waals surface area (Å²) in [7, 11) is 0. The number of aromatic nitrogens is 1. The second-order valence-corrected chi connectivity index (χ2v) is 6.09. The van der Waals surface area contributed by atoms with Gasteiger partial charge in [0.2, 0.25) is 0 Å². The van der Waals surface area contributed by atoms with Crippen molar-refractivity contribution in [2.24, 2.45) is 9.98 Å². The van der Waals surface area contributed by atoms with Crippen molar-refractivity contribution in [2.75, 3.05) is 0 Å². The predicted octanol–water partition coefficient (Wildman–Crippen LogP) is 4.14. The number of hydrogen-bond donors (Lipinski definition) is 0. The predicted molar refractivity (Wildman–Crippen MR) is 100 cm³/mol. The van der Waals surface area contributed by atoms with E-state index in [1.807, 2.05) is 85.2 Å². The molecule has 1 aromatic heterocycles. The molecule has 0 N–H and O–H groups in total. The molecular formula is C21H18FeN3. The van der Waals surface area contributed by atoms with Crippen molar-refractivity contribution in [2.45, 2.75) is 12.8 Å². The number of hydrogen-bond acceptors (Lipinski definition) is 3. The molecule has 0 fully saturated rings. The fourth-order valence-corrected chi connectivity index (χ4v) is 2.70. The molecule has 4 heteroatoms. The van der Waals surface area contributed by atoms with Gasteiger partial charge in [0.15, 0.2) is 0 Å². The van der Waals surface area contributed by atoms with Crippen molar-refractivity contribution in [1.82, 2.24) is 4.98 Å². The number of rotatable bonds is 6. The summed E-state index contributed by atoms with van der Waals surface area (Å²) in [5, 5.41) is 0. The van der Waals surface area contributed by atoms with Gasteiger partial charge in [-0.05, 0) is 0 Å². The maximum absolute atomic E-state index is 4.67. The third kappa shape index (κ3) is 5.79. The second-order valence-electron chi connectivity index (χ2n) is 5.46. The van der Waals surface area contributed by atoms with Crippen molar-refractivity contribution in [3.63, 3.8) is 0 Å². The number of benzene rings is 2. The second kappa shape index (κ2) is 9.07. The van der Waals surface area contributed by atoms with E-state index in [-0.39, 0.29) is 0 Å². The van der Waals surface area contributed by atoms with Gasteiger partial charge >= 0.3 is 156 Å². The van der Waals surface area contributed by atoms with Crippen LogP contribution >= 0.6 is 0 Å². The maximum atomic E-state index is 4.67. The molecule has 0 bridgehead atoms.